The van der Waals surface area contributed by atoms with Gasteiger partial charge in [-0.15, -0.1) is 0 Å². The van der Waals surface area contributed by atoms with Crippen LogP contribution in [0.1, 0.15) is 31.7 Å². The maximum Gasteiger partial charge on any atom is 0.243 e. The van der Waals surface area contributed by atoms with Crippen molar-refractivity contribution in [3.05, 3.63) is 52.3 Å². The Bertz CT molecular complexity index is 876. The van der Waals surface area contributed by atoms with Gasteiger partial charge >= 0.3 is 0 Å². The van der Waals surface area contributed by atoms with Gasteiger partial charge in [-0.3, -0.25) is 4.98 Å². The molecule has 0 bridgehead atoms. The van der Waals surface area contributed by atoms with E-state index in [0.717, 1.165) is 12.8 Å². The first-order valence-electron chi connectivity index (χ1n) is 9.56. The standard InChI is InChI=1S/C20H25Cl2N3O2S/c1-2-3-4-5-16-6-8-17(9-7-16)28(26,27)25-12-10-24(11-13-25)20-18(21)14-23-15-19(20)22/h6-9,14-15H,2-5,10-13H2,1H3. The predicted octanol–water partition coefficient (Wildman–Crippen LogP) is 4.63. The number of unbranched alkanes of at least 4 members (excludes halogenated alkanes) is 2. The summed E-state index contributed by atoms with van der Waals surface area (Å²) in [5.74, 6) is 0. The van der Waals surface area contributed by atoms with Crippen molar-refractivity contribution >= 4 is 38.9 Å². The van der Waals surface area contributed by atoms with Gasteiger partial charge in [-0.1, -0.05) is 55.1 Å². The summed E-state index contributed by atoms with van der Waals surface area (Å²) in [6.07, 6.45) is 7.58. The van der Waals surface area contributed by atoms with Crippen LogP contribution in [0, 0.1) is 0 Å². The third-order valence-corrected chi connectivity index (χ3v) is 7.48. The number of aryl methyl sites for hydroxylation is 1. The van der Waals surface area contributed by atoms with Gasteiger partial charge in [0.1, 0.15) is 0 Å². The fourth-order valence-corrected chi connectivity index (χ4v) is 5.44. The third kappa shape index (κ3) is 4.79. The number of hydrogen-bond acceptors (Lipinski definition) is 4. The summed E-state index contributed by atoms with van der Waals surface area (Å²) in [6.45, 7) is 3.99. The molecule has 3 rings (SSSR count). The molecule has 0 amide bonds. The van der Waals surface area contributed by atoms with E-state index in [-0.39, 0.29) is 0 Å². The van der Waals surface area contributed by atoms with E-state index in [2.05, 4.69) is 11.9 Å². The highest BCUT2D eigenvalue weighted by atomic mass is 35.5. The molecule has 28 heavy (non-hydrogen) atoms. The lowest BCUT2D eigenvalue weighted by atomic mass is 10.1. The normalized spacial score (nSPS) is 15.8. The first kappa shape index (κ1) is 21.4. The SMILES string of the molecule is CCCCCc1ccc(S(=O)(=O)N2CCN(c3c(Cl)cncc3Cl)CC2)cc1. The predicted molar refractivity (Wildman–Crippen MR) is 115 cm³/mol. The van der Waals surface area contributed by atoms with Crippen LogP contribution in [0.4, 0.5) is 5.69 Å². The van der Waals surface area contributed by atoms with E-state index in [9.17, 15) is 8.42 Å². The number of piperazine rings is 1. The van der Waals surface area contributed by atoms with E-state index in [1.54, 1.807) is 24.5 Å². The Balaban J connectivity index is 1.66. The summed E-state index contributed by atoms with van der Waals surface area (Å²) >= 11 is 12.4. The fraction of sp³-hybridized carbons (Fsp3) is 0.450. The van der Waals surface area contributed by atoms with E-state index in [0.29, 0.717) is 46.8 Å². The minimum absolute atomic E-state index is 0.347. The second-order valence-electron chi connectivity index (χ2n) is 6.94. The second kappa shape index (κ2) is 9.44. The molecule has 0 unspecified atom stereocenters. The molecule has 8 heteroatoms. The molecular weight excluding hydrogens is 417 g/mol. The Kier molecular flexibility index (Phi) is 7.20. The number of halogens is 2. The molecule has 0 atom stereocenters. The van der Waals surface area contributed by atoms with Crippen LogP contribution in [0.25, 0.3) is 0 Å². The first-order chi connectivity index (χ1) is 13.4. The molecule has 0 saturated carbocycles. The van der Waals surface area contributed by atoms with Crippen LogP contribution in [0.15, 0.2) is 41.6 Å². The Morgan fingerprint density at radius 1 is 0.964 bits per heavy atom. The summed E-state index contributed by atoms with van der Waals surface area (Å²) in [6, 6.07) is 7.30. The lowest BCUT2D eigenvalue weighted by molar-refractivity contribution is 0.385. The lowest BCUT2D eigenvalue weighted by Gasteiger charge is -2.36. The molecule has 0 N–H and O–H groups in total. The fourth-order valence-electron chi connectivity index (χ4n) is 3.41. The van der Waals surface area contributed by atoms with Crippen LogP contribution in [0.5, 0.6) is 0 Å². The molecule has 1 aromatic carbocycles. The number of pyridine rings is 1. The molecule has 1 fully saturated rings. The summed E-state index contributed by atoms with van der Waals surface area (Å²) in [5.41, 5.74) is 1.89. The number of sulfonamides is 1. The van der Waals surface area contributed by atoms with Crippen LogP contribution in [-0.2, 0) is 16.4 Å². The highest BCUT2D eigenvalue weighted by Gasteiger charge is 2.29. The van der Waals surface area contributed by atoms with Crippen molar-refractivity contribution in [2.45, 2.75) is 37.5 Å². The molecule has 152 valence electrons. The molecule has 2 aromatic rings. The molecule has 1 saturated heterocycles. The summed E-state index contributed by atoms with van der Waals surface area (Å²) < 4.78 is 27.5. The van der Waals surface area contributed by atoms with Crippen molar-refractivity contribution in [3.63, 3.8) is 0 Å². The third-order valence-electron chi connectivity index (χ3n) is 5.01. The van der Waals surface area contributed by atoms with Crippen LogP contribution in [0.2, 0.25) is 10.0 Å². The molecule has 2 heterocycles. The van der Waals surface area contributed by atoms with Gasteiger partial charge in [0.15, 0.2) is 0 Å². The van der Waals surface area contributed by atoms with E-state index in [1.165, 1.54) is 22.7 Å². The highest BCUT2D eigenvalue weighted by Crippen LogP contribution is 2.33. The van der Waals surface area contributed by atoms with Crippen molar-refractivity contribution in [1.82, 2.24) is 9.29 Å². The lowest BCUT2D eigenvalue weighted by Crippen LogP contribution is -2.48. The summed E-state index contributed by atoms with van der Waals surface area (Å²) in [7, 11) is -3.50. The van der Waals surface area contributed by atoms with Crippen molar-refractivity contribution < 1.29 is 8.42 Å². The number of aromatic nitrogens is 1. The number of rotatable bonds is 7. The van der Waals surface area contributed by atoms with Gasteiger partial charge in [-0.05, 0) is 30.5 Å². The summed E-state index contributed by atoms with van der Waals surface area (Å²) in [4.78, 5) is 6.32. The van der Waals surface area contributed by atoms with Crippen LogP contribution in [0.3, 0.4) is 0 Å². The molecule has 5 nitrogen and oxygen atoms in total. The van der Waals surface area contributed by atoms with E-state index >= 15 is 0 Å². The molecule has 0 aliphatic carbocycles. The Hall–Kier alpha value is -1.34. The van der Waals surface area contributed by atoms with Crippen molar-refractivity contribution in [2.24, 2.45) is 0 Å². The van der Waals surface area contributed by atoms with Crippen LogP contribution >= 0.6 is 23.2 Å². The van der Waals surface area contributed by atoms with E-state index < -0.39 is 10.0 Å². The first-order valence-corrected chi connectivity index (χ1v) is 11.8. The average molecular weight is 442 g/mol. The number of hydrogen-bond donors (Lipinski definition) is 0. The molecule has 1 aliphatic heterocycles. The average Bonchev–Trinajstić information content (AvgIpc) is 2.69. The Labute approximate surface area is 177 Å². The monoisotopic (exact) mass is 441 g/mol. The molecule has 0 spiro atoms. The maximum atomic E-state index is 13.0. The largest absolute Gasteiger partial charge is 0.366 e. The van der Waals surface area contributed by atoms with Gasteiger partial charge in [0.2, 0.25) is 10.0 Å². The Morgan fingerprint density at radius 3 is 2.14 bits per heavy atom. The molecule has 0 radical (unpaired) electrons. The minimum atomic E-state index is -3.50. The zero-order valence-electron chi connectivity index (χ0n) is 15.9. The van der Waals surface area contributed by atoms with Crippen molar-refractivity contribution in [3.8, 4) is 0 Å². The Morgan fingerprint density at radius 2 is 1.57 bits per heavy atom. The number of nitrogens with zero attached hydrogens (tertiary/aromatic N) is 3. The highest BCUT2D eigenvalue weighted by molar-refractivity contribution is 7.89. The molecule has 1 aromatic heterocycles. The quantitative estimate of drug-likeness (QED) is 0.587. The zero-order chi connectivity index (χ0) is 20.1. The van der Waals surface area contributed by atoms with Gasteiger partial charge < -0.3 is 4.90 Å². The van der Waals surface area contributed by atoms with Gasteiger partial charge in [0.05, 0.1) is 20.6 Å². The molecular formula is C20H25Cl2N3O2S. The maximum absolute atomic E-state index is 13.0. The van der Waals surface area contributed by atoms with Crippen LogP contribution in [-0.4, -0.2) is 43.9 Å². The van der Waals surface area contributed by atoms with E-state index in [1.807, 2.05) is 17.0 Å². The topological polar surface area (TPSA) is 53.5 Å². The number of benzene rings is 1. The van der Waals surface area contributed by atoms with Crippen LogP contribution < -0.4 is 4.90 Å². The van der Waals surface area contributed by atoms with Gasteiger partial charge in [-0.25, -0.2) is 8.42 Å². The minimum Gasteiger partial charge on any atom is -0.366 e. The van der Waals surface area contributed by atoms with Crippen molar-refractivity contribution in [1.29, 1.82) is 0 Å². The van der Waals surface area contributed by atoms with Gasteiger partial charge in [0, 0.05) is 38.6 Å². The van der Waals surface area contributed by atoms with E-state index in [4.69, 9.17) is 23.2 Å². The second-order valence-corrected chi connectivity index (χ2v) is 9.70. The zero-order valence-corrected chi connectivity index (χ0v) is 18.3. The summed E-state index contributed by atoms with van der Waals surface area (Å²) in [5, 5.41) is 0.949. The smallest absolute Gasteiger partial charge is 0.243 e. The van der Waals surface area contributed by atoms with Crippen molar-refractivity contribution in [2.75, 3.05) is 31.1 Å². The van der Waals surface area contributed by atoms with Gasteiger partial charge in [-0.2, -0.15) is 4.31 Å². The van der Waals surface area contributed by atoms with Gasteiger partial charge in [0.25, 0.3) is 0 Å². The number of anilines is 1. The molecule has 1 aliphatic rings.